The van der Waals surface area contributed by atoms with Crippen LogP contribution in [0.1, 0.15) is 24.5 Å². The summed E-state index contributed by atoms with van der Waals surface area (Å²) in [5.41, 5.74) is 1.55. The van der Waals surface area contributed by atoms with Gasteiger partial charge in [0.25, 0.3) is 0 Å². The van der Waals surface area contributed by atoms with Crippen molar-refractivity contribution in [3.05, 3.63) is 88.7 Å². The van der Waals surface area contributed by atoms with E-state index in [1.165, 1.54) is 6.07 Å². The third-order valence-corrected chi connectivity index (χ3v) is 4.51. The first-order valence-electron chi connectivity index (χ1n) is 9.62. The van der Waals surface area contributed by atoms with Crippen LogP contribution in [0.4, 0.5) is 4.39 Å². The van der Waals surface area contributed by atoms with Crippen molar-refractivity contribution in [2.24, 2.45) is 0 Å². The summed E-state index contributed by atoms with van der Waals surface area (Å²) in [7, 11) is 0. The molecular formula is C24H22ClFO4. The number of rotatable bonds is 9. The van der Waals surface area contributed by atoms with Crippen molar-refractivity contribution in [1.29, 1.82) is 0 Å². The predicted molar refractivity (Wildman–Crippen MR) is 114 cm³/mol. The van der Waals surface area contributed by atoms with Crippen molar-refractivity contribution in [2.75, 3.05) is 6.61 Å². The van der Waals surface area contributed by atoms with E-state index in [-0.39, 0.29) is 24.7 Å². The third-order valence-electron chi connectivity index (χ3n) is 4.26. The van der Waals surface area contributed by atoms with Crippen LogP contribution in [-0.2, 0) is 22.6 Å². The number of hydrogen-bond acceptors (Lipinski definition) is 4. The van der Waals surface area contributed by atoms with Gasteiger partial charge in [-0.2, -0.15) is 0 Å². The molecule has 0 saturated heterocycles. The van der Waals surface area contributed by atoms with Gasteiger partial charge in [0.2, 0.25) is 0 Å². The van der Waals surface area contributed by atoms with Crippen molar-refractivity contribution < 1.29 is 23.4 Å². The molecule has 0 saturated carbocycles. The molecule has 0 fully saturated rings. The lowest BCUT2D eigenvalue weighted by molar-refractivity contribution is -0.143. The van der Waals surface area contributed by atoms with Crippen LogP contribution >= 0.6 is 11.6 Å². The SMILES string of the molecule is CCOC(=O)CCc1ccc(OCc2cccc(Oc3ccc(Cl)cc3)c2)c(F)c1. The van der Waals surface area contributed by atoms with Gasteiger partial charge in [0, 0.05) is 11.4 Å². The van der Waals surface area contributed by atoms with Crippen LogP contribution in [0.3, 0.4) is 0 Å². The zero-order valence-electron chi connectivity index (χ0n) is 16.6. The third kappa shape index (κ3) is 6.49. The quantitative estimate of drug-likeness (QED) is 0.373. The van der Waals surface area contributed by atoms with E-state index in [0.29, 0.717) is 35.1 Å². The zero-order valence-corrected chi connectivity index (χ0v) is 17.3. The molecule has 6 heteroatoms. The predicted octanol–water partition coefficient (Wildman–Crippen LogP) is 6.35. The van der Waals surface area contributed by atoms with Crippen molar-refractivity contribution in [1.82, 2.24) is 0 Å². The molecule has 0 N–H and O–H groups in total. The number of aryl methyl sites for hydroxylation is 1. The van der Waals surface area contributed by atoms with Gasteiger partial charge in [0.05, 0.1) is 6.61 Å². The van der Waals surface area contributed by atoms with Gasteiger partial charge in [-0.25, -0.2) is 4.39 Å². The van der Waals surface area contributed by atoms with Crippen molar-refractivity contribution in [3.63, 3.8) is 0 Å². The van der Waals surface area contributed by atoms with Gasteiger partial charge in [-0.15, -0.1) is 0 Å². The number of halogens is 2. The maximum Gasteiger partial charge on any atom is 0.306 e. The summed E-state index contributed by atoms with van der Waals surface area (Å²) in [5, 5.41) is 0.637. The van der Waals surface area contributed by atoms with Crippen LogP contribution in [0.2, 0.25) is 5.02 Å². The first-order chi connectivity index (χ1) is 14.5. The Morgan fingerprint density at radius 2 is 1.77 bits per heavy atom. The number of esters is 1. The van der Waals surface area contributed by atoms with E-state index in [0.717, 1.165) is 5.56 Å². The molecule has 0 bridgehead atoms. The highest BCUT2D eigenvalue weighted by atomic mass is 35.5. The minimum absolute atomic E-state index is 0.152. The molecule has 3 aromatic rings. The van der Waals surface area contributed by atoms with Gasteiger partial charge in [0.15, 0.2) is 11.6 Å². The average Bonchev–Trinajstić information content (AvgIpc) is 2.74. The second-order valence-electron chi connectivity index (χ2n) is 6.56. The first-order valence-corrected chi connectivity index (χ1v) is 10.0. The molecule has 0 amide bonds. The Balaban J connectivity index is 1.57. The minimum Gasteiger partial charge on any atom is -0.486 e. The second-order valence-corrected chi connectivity index (χ2v) is 7.00. The summed E-state index contributed by atoms with van der Waals surface area (Å²) >= 11 is 5.88. The number of carbonyl (C=O) groups is 1. The lowest BCUT2D eigenvalue weighted by Gasteiger charge is -2.11. The molecule has 0 atom stereocenters. The van der Waals surface area contributed by atoms with E-state index in [1.807, 2.05) is 24.3 Å². The Morgan fingerprint density at radius 1 is 0.967 bits per heavy atom. The van der Waals surface area contributed by atoms with E-state index in [1.54, 1.807) is 43.3 Å². The van der Waals surface area contributed by atoms with Crippen LogP contribution in [-0.4, -0.2) is 12.6 Å². The highest BCUT2D eigenvalue weighted by Gasteiger charge is 2.08. The van der Waals surface area contributed by atoms with E-state index < -0.39 is 5.82 Å². The Labute approximate surface area is 180 Å². The molecule has 0 aromatic heterocycles. The van der Waals surface area contributed by atoms with Crippen LogP contribution in [0.15, 0.2) is 66.7 Å². The number of benzene rings is 3. The molecule has 3 aromatic carbocycles. The molecule has 0 heterocycles. The topological polar surface area (TPSA) is 44.8 Å². The largest absolute Gasteiger partial charge is 0.486 e. The fraction of sp³-hybridized carbons (Fsp3) is 0.208. The number of carbonyl (C=O) groups excluding carboxylic acids is 1. The molecule has 30 heavy (non-hydrogen) atoms. The molecule has 3 rings (SSSR count). The normalized spacial score (nSPS) is 10.5. The second kappa shape index (κ2) is 10.6. The summed E-state index contributed by atoms with van der Waals surface area (Å²) in [4.78, 5) is 11.4. The van der Waals surface area contributed by atoms with Crippen LogP contribution in [0.25, 0.3) is 0 Å². The Kier molecular flexibility index (Phi) is 7.69. The van der Waals surface area contributed by atoms with Gasteiger partial charge in [-0.3, -0.25) is 4.79 Å². The van der Waals surface area contributed by atoms with Crippen molar-refractivity contribution >= 4 is 17.6 Å². The Bertz CT molecular complexity index is 989. The van der Waals surface area contributed by atoms with Gasteiger partial charge >= 0.3 is 5.97 Å². The lowest BCUT2D eigenvalue weighted by atomic mass is 10.1. The summed E-state index contributed by atoms with van der Waals surface area (Å²) < 4.78 is 30.7. The van der Waals surface area contributed by atoms with Crippen LogP contribution < -0.4 is 9.47 Å². The molecule has 4 nitrogen and oxygen atoms in total. The smallest absolute Gasteiger partial charge is 0.306 e. The summed E-state index contributed by atoms with van der Waals surface area (Å²) in [6.45, 7) is 2.28. The van der Waals surface area contributed by atoms with Crippen LogP contribution in [0.5, 0.6) is 17.2 Å². The number of ether oxygens (including phenoxy) is 3. The van der Waals surface area contributed by atoms with Crippen molar-refractivity contribution in [2.45, 2.75) is 26.4 Å². The van der Waals surface area contributed by atoms with Crippen LogP contribution in [0, 0.1) is 5.82 Å². The van der Waals surface area contributed by atoms with Gasteiger partial charge in [0.1, 0.15) is 18.1 Å². The van der Waals surface area contributed by atoms with Crippen molar-refractivity contribution in [3.8, 4) is 17.2 Å². The Morgan fingerprint density at radius 3 is 2.50 bits per heavy atom. The molecule has 156 valence electrons. The fourth-order valence-electron chi connectivity index (χ4n) is 2.80. The first kappa shape index (κ1) is 21.7. The summed E-state index contributed by atoms with van der Waals surface area (Å²) in [6, 6.07) is 19.2. The molecular weight excluding hydrogens is 407 g/mol. The summed E-state index contributed by atoms with van der Waals surface area (Å²) in [6.07, 6.45) is 0.633. The average molecular weight is 429 g/mol. The molecule has 0 spiro atoms. The molecule has 0 aliphatic heterocycles. The monoisotopic (exact) mass is 428 g/mol. The van der Waals surface area contributed by atoms with E-state index in [9.17, 15) is 9.18 Å². The molecule has 0 aliphatic rings. The fourth-order valence-corrected chi connectivity index (χ4v) is 2.92. The maximum absolute atomic E-state index is 14.3. The van der Waals surface area contributed by atoms with E-state index in [2.05, 4.69) is 0 Å². The standard InChI is InChI=1S/C24H22ClFO4/c1-2-28-24(27)13-7-17-6-12-23(22(26)15-17)29-16-18-4-3-5-21(14-18)30-20-10-8-19(25)9-11-20/h3-6,8-12,14-15H,2,7,13,16H2,1H3. The molecule has 0 aliphatic carbocycles. The van der Waals surface area contributed by atoms with Gasteiger partial charge < -0.3 is 14.2 Å². The minimum atomic E-state index is -0.468. The highest BCUT2D eigenvalue weighted by molar-refractivity contribution is 6.30. The van der Waals surface area contributed by atoms with E-state index in [4.69, 9.17) is 25.8 Å². The Hall–Kier alpha value is -3.05. The molecule has 0 radical (unpaired) electrons. The highest BCUT2D eigenvalue weighted by Crippen LogP contribution is 2.25. The summed E-state index contributed by atoms with van der Waals surface area (Å²) in [5.74, 6) is 0.706. The molecule has 0 unspecified atom stereocenters. The maximum atomic E-state index is 14.3. The van der Waals surface area contributed by atoms with Gasteiger partial charge in [-0.1, -0.05) is 29.8 Å². The zero-order chi connectivity index (χ0) is 21.3. The lowest BCUT2D eigenvalue weighted by Crippen LogP contribution is -2.05. The number of hydrogen-bond donors (Lipinski definition) is 0. The van der Waals surface area contributed by atoms with Gasteiger partial charge in [-0.05, 0) is 73.0 Å². The van der Waals surface area contributed by atoms with E-state index >= 15 is 0 Å².